The summed E-state index contributed by atoms with van der Waals surface area (Å²) in [5.41, 5.74) is 7.95. The van der Waals surface area contributed by atoms with Gasteiger partial charge in [0.15, 0.2) is 0 Å². The van der Waals surface area contributed by atoms with Gasteiger partial charge in [0.2, 0.25) is 5.91 Å². The minimum absolute atomic E-state index is 0.0749. The van der Waals surface area contributed by atoms with E-state index in [1.807, 2.05) is 13.8 Å². The van der Waals surface area contributed by atoms with Gasteiger partial charge in [-0.3, -0.25) is 9.69 Å². The van der Waals surface area contributed by atoms with Gasteiger partial charge in [0.25, 0.3) is 0 Å². The Morgan fingerprint density at radius 2 is 2.00 bits per heavy atom. The standard InChI is InChI=1S/C20H33N3O2/c1-4-20(5-2,15-21)19(24)22-14-18(23-9-11-25-12-10-23)17-8-6-7-16(3)13-17/h6-8,13,18H,4-5,9-12,14-15,21H2,1-3H3,(H,22,24). The molecule has 3 N–H and O–H groups in total. The van der Waals surface area contributed by atoms with Gasteiger partial charge in [-0.2, -0.15) is 0 Å². The molecule has 0 saturated carbocycles. The van der Waals surface area contributed by atoms with Gasteiger partial charge in [-0.25, -0.2) is 0 Å². The van der Waals surface area contributed by atoms with Crippen LogP contribution in [0.5, 0.6) is 0 Å². The Hall–Kier alpha value is -1.43. The van der Waals surface area contributed by atoms with Crippen LogP contribution in [0.15, 0.2) is 24.3 Å². The van der Waals surface area contributed by atoms with Crippen molar-refractivity contribution in [1.82, 2.24) is 10.2 Å². The van der Waals surface area contributed by atoms with Crippen molar-refractivity contribution in [1.29, 1.82) is 0 Å². The molecule has 0 aromatic heterocycles. The van der Waals surface area contributed by atoms with Gasteiger partial charge >= 0.3 is 0 Å². The highest BCUT2D eigenvalue weighted by atomic mass is 16.5. The van der Waals surface area contributed by atoms with Crippen molar-refractivity contribution in [3.8, 4) is 0 Å². The lowest BCUT2D eigenvalue weighted by Crippen LogP contribution is -2.49. The molecule has 1 aliphatic rings. The Kier molecular flexibility index (Phi) is 7.41. The van der Waals surface area contributed by atoms with E-state index in [1.54, 1.807) is 0 Å². The molecule has 0 radical (unpaired) electrons. The van der Waals surface area contributed by atoms with Crippen LogP contribution in [0.25, 0.3) is 0 Å². The zero-order valence-corrected chi connectivity index (χ0v) is 15.9. The minimum Gasteiger partial charge on any atom is -0.379 e. The second-order valence-corrected chi connectivity index (χ2v) is 6.98. The molecule has 0 spiro atoms. The van der Waals surface area contributed by atoms with Crippen molar-refractivity contribution >= 4 is 5.91 Å². The highest BCUT2D eigenvalue weighted by molar-refractivity contribution is 5.82. The molecule has 1 fully saturated rings. The molecule has 1 aromatic carbocycles. The molecule has 5 heteroatoms. The number of carbonyl (C=O) groups is 1. The summed E-state index contributed by atoms with van der Waals surface area (Å²) in [5.74, 6) is 0.0749. The number of rotatable bonds is 8. The van der Waals surface area contributed by atoms with Gasteiger partial charge in [0.1, 0.15) is 0 Å². The summed E-state index contributed by atoms with van der Waals surface area (Å²) in [7, 11) is 0. The lowest BCUT2D eigenvalue weighted by atomic mass is 9.81. The fourth-order valence-electron chi connectivity index (χ4n) is 3.55. The number of nitrogens with two attached hydrogens (primary N) is 1. The predicted octanol–water partition coefficient (Wildman–Crippen LogP) is 2.25. The third-order valence-electron chi connectivity index (χ3n) is 5.60. The lowest BCUT2D eigenvalue weighted by molar-refractivity contribution is -0.131. The van der Waals surface area contributed by atoms with Gasteiger partial charge in [0.05, 0.1) is 24.7 Å². The number of hydrogen-bond acceptors (Lipinski definition) is 4. The highest BCUT2D eigenvalue weighted by Gasteiger charge is 2.34. The summed E-state index contributed by atoms with van der Waals surface area (Å²) in [6.07, 6.45) is 1.52. The first kappa shape index (κ1) is 19.9. The molecule has 0 bridgehead atoms. The van der Waals surface area contributed by atoms with E-state index in [2.05, 4.69) is 41.4 Å². The minimum atomic E-state index is -0.456. The molecule has 25 heavy (non-hydrogen) atoms. The summed E-state index contributed by atoms with van der Waals surface area (Å²) in [6.45, 7) is 10.4. The average Bonchev–Trinajstić information content (AvgIpc) is 2.65. The second-order valence-electron chi connectivity index (χ2n) is 6.98. The topological polar surface area (TPSA) is 67.6 Å². The number of ether oxygens (including phenoxy) is 1. The van der Waals surface area contributed by atoms with Crippen molar-refractivity contribution in [2.45, 2.75) is 39.7 Å². The molecule has 1 heterocycles. The molecule has 140 valence electrons. The summed E-state index contributed by atoms with van der Waals surface area (Å²) in [4.78, 5) is 15.2. The van der Waals surface area contributed by atoms with E-state index < -0.39 is 5.41 Å². The number of amides is 1. The Labute approximate surface area is 151 Å². The smallest absolute Gasteiger partial charge is 0.227 e. The first-order chi connectivity index (χ1) is 12.1. The van der Waals surface area contributed by atoms with Gasteiger partial charge in [0, 0.05) is 26.2 Å². The van der Waals surface area contributed by atoms with Crippen LogP contribution >= 0.6 is 0 Å². The van der Waals surface area contributed by atoms with Crippen molar-refractivity contribution < 1.29 is 9.53 Å². The number of morpholine rings is 1. The summed E-state index contributed by atoms with van der Waals surface area (Å²) in [5, 5.41) is 3.19. The van der Waals surface area contributed by atoms with Crippen molar-refractivity contribution in [2.24, 2.45) is 11.1 Å². The number of nitrogens with zero attached hydrogens (tertiary/aromatic N) is 1. The largest absolute Gasteiger partial charge is 0.379 e. The molecular formula is C20H33N3O2. The van der Waals surface area contributed by atoms with Crippen molar-refractivity contribution in [2.75, 3.05) is 39.4 Å². The van der Waals surface area contributed by atoms with Crippen LogP contribution in [0.3, 0.4) is 0 Å². The monoisotopic (exact) mass is 347 g/mol. The van der Waals surface area contributed by atoms with Crippen LogP contribution in [0.2, 0.25) is 0 Å². The summed E-state index contributed by atoms with van der Waals surface area (Å²) >= 11 is 0. The van der Waals surface area contributed by atoms with Gasteiger partial charge in [-0.1, -0.05) is 43.7 Å². The normalized spacial score (nSPS) is 17.3. The molecule has 1 aliphatic heterocycles. The van der Waals surface area contributed by atoms with Crippen LogP contribution in [0, 0.1) is 12.3 Å². The summed E-state index contributed by atoms with van der Waals surface area (Å²) < 4.78 is 5.50. The Morgan fingerprint density at radius 3 is 2.56 bits per heavy atom. The van der Waals surface area contributed by atoms with E-state index in [0.29, 0.717) is 13.1 Å². The maximum absolute atomic E-state index is 12.8. The van der Waals surface area contributed by atoms with Crippen LogP contribution < -0.4 is 11.1 Å². The first-order valence-corrected chi connectivity index (χ1v) is 9.43. The quantitative estimate of drug-likeness (QED) is 0.757. The van der Waals surface area contributed by atoms with E-state index in [4.69, 9.17) is 10.5 Å². The molecule has 1 atom stereocenters. The zero-order valence-electron chi connectivity index (χ0n) is 15.9. The van der Waals surface area contributed by atoms with Crippen LogP contribution in [-0.2, 0) is 9.53 Å². The maximum atomic E-state index is 12.8. The van der Waals surface area contributed by atoms with E-state index in [0.717, 1.165) is 39.1 Å². The molecule has 1 unspecified atom stereocenters. The van der Waals surface area contributed by atoms with Crippen LogP contribution in [0.4, 0.5) is 0 Å². The Morgan fingerprint density at radius 1 is 1.32 bits per heavy atom. The zero-order chi connectivity index (χ0) is 18.3. The number of hydrogen-bond donors (Lipinski definition) is 2. The fraction of sp³-hybridized carbons (Fsp3) is 0.650. The fourth-order valence-corrected chi connectivity index (χ4v) is 3.55. The number of benzene rings is 1. The van der Waals surface area contributed by atoms with Gasteiger partial charge in [-0.15, -0.1) is 0 Å². The highest BCUT2D eigenvalue weighted by Crippen LogP contribution is 2.26. The van der Waals surface area contributed by atoms with Crippen molar-refractivity contribution in [3.05, 3.63) is 35.4 Å². The van der Waals surface area contributed by atoms with Gasteiger partial charge in [-0.05, 0) is 25.3 Å². The third kappa shape index (κ3) is 4.81. The Balaban J connectivity index is 2.14. The summed E-state index contributed by atoms with van der Waals surface area (Å²) in [6, 6.07) is 8.71. The lowest BCUT2D eigenvalue weighted by Gasteiger charge is -2.36. The third-order valence-corrected chi connectivity index (χ3v) is 5.60. The molecule has 1 amide bonds. The number of carbonyl (C=O) groups excluding carboxylic acids is 1. The first-order valence-electron chi connectivity index (χ1n) is 9.43. The molecule has 1 saturated heterocycles. The van der Waals surface area contributed by atoms with Crippen LogP contribution in [0.1, 0.15) is 43.9 Å². The number of aryl methyl sites for hydroxylation is 1. The number of nitrogens with one attached hydrogen (secondary N) is 1. The maximum Gasteiger partial charge on any atom is 0.227 e. The van der Waals surface area contributed by atoms with E-state index in [-0.39, 0.29) is 11.9 Å². The predicted molar refractivity (Wildman–Crippen MR) is 101 cm³/mol. The second kappa shape index (κ2) is 9.32. The SMILES string of the molecule is CCC(CC)(CN)C(=O)NCC(c1cccc(C)c1)N1CCOCC1. The molecule has 0 aliphatic carbocycles. The van der Waals surface area contributed by atoms with E-state index >= 15 is 0 Å². The van der Waals surface area contributed by atoms with Gasteiger partial charge < -0.3 is 15.8 Å². The van der Waals surface area contributed by atoms with E-state index in [1.165, 1.54) is 11.1 Å². The van der Waals surface area contributed by atoms with E-state index in [9.17, 15) is 4.79 Å². The molecular weight excluding hydrogens is 314 g/mol. The van der Waals surface area contributed by atoms with Crippen molar-refractivity contribution in [3.63, 3.8) is 0 Å². The molecule has 1 aromatic rings. The average molecular weight is 348 g/mol. The molecule has 2 rings (SSSR count). The Bertz CT molecular complexity index is 543. The van der Waals surface area contributed by atoms with Crippen LogP contribution in [-0.4, -0.2) is 50.2 Å². The molecule has 5 nitrogen and oxygen atoms in total.